The smallest absolute Gasteiger partial charge is 0.338 e. The van der Waals surface area contributed by atoms with Crippen molar-refractivity contribution >= 4 is 6.03 Å². The van der Waals surface area contributed by atoms with Gasteiger partial charge in [0.15, 0.2) is 0 Å². The number of aliphatic hydroxyl groups excluding tert-OH is 1. The lowest BCUT2D eigenvalue weighted by atomic mass is 10.1. The average molecular weight is 287 g/mol. The quantitative estimate of drug-likeness (QED) is 0.441. The predicted octanol–water partition coefficient (Wildman–Crippen LogP) is 1.25. The molecule has 0 radical (unpaired) electrons. The van der Waals surface area contributed by atoms with Crippen molar-refractivity contribution in [1.29, 1.82) is 0 Å². The summed E-state index contributed by atoms with van der Waals surface area (Å²) >= 11 is 0. The fraction of sp³-hybridized carbons (Fsp3) is 0.929. The maximum Gasteiger partial charge on any atom is 0.338 e. The fourth-order valence-electron chi connectivity index (χ4n) is 2.31. The van der Waals surface area contributed by atoms with Crippen molar-refractivity contribution in [2.45, 2.75) is 51.6 Å². The van der Waals surface area contributed by atoms with Crippen molar-refractivity contribution in [3.05, 3.63) is 0 Å². The molecular weight excluding hydrogens is 258 g/mol. The van der Waals surface area contributed by atoms with Gasteiger partial charge in [0.1, 0.15) is 6.61 Å². The zero-order valence-electron chi connectivity index (χ0n) is 12.6. The standard InChI is InChI=1S/C14H29N3O3/c1-2-3-5-8-15-14(19)16-20-12-13(18)11-17-9-6-4-7-10-17/h13,18H,2-12H2,1H3,(H2,15,16,19). The van der Waals surface area contributed by atoms with E-state index in [2.05, 4.69) is 22.6 Å². The maximum absolute atomic E-state index is 11.3. The number of hydrogen-bond acceptors (Lipinski definition) is 4. The number of β-amino-alcohol motifs (C(OH)–C–C–N with tert-alkyl or cyclic N) is 1. The molecule has 0 aromatic heterocycles. The average Bonchev–Trinajstić information content (AvgIpc) is 2.45. The van der Waals surface area contributed by atoms with E-state index in [-0.39, 0.29) is 12.6 Å². The molecule has 1 aliphatic heterocycles. The summed E-state index contributed by atoms with van der Waals surface area (Å²) in [4.78, 5) is 18.6. The monoisotopic (exact) mass is 287 g/mol. The van der Waals surface area contributed by atoms with Crippen LogP contribution in [0.3, 0.4) is 0 Å². The third-order valence-electron chi connectivity index (χ3n) is 3.42. The maximum atomic E-state index is 11.3. The van der Waals surface area contributed by atoms with Gasteiger partial charge in [0, 0.05) is 13.1 Å². The molecule has 0 aromatic rings. The van der Waals surface area contributed by atoms with E-state index < -0.39 is 6.10 Å². The second-order valence-corrected chi connectivity index (χ2v) is 5.39. The lowest BCUT2D eigenvalue weighted by Crippen LogP contribution is -2.41. The van der Waals surface area contributed by atoms with Gasteiger partial charge in [-0.1, -0.05) is 26.2 Å². The minimum absolute atomic E-state index is 0.124. The Morgan fingerprint density at radius 3 is 2.75 bits per heavy atom. The molecule has 1 saturated heterocycles. The molecular formula is C14H29N3O3. The minimum Gasteiger partial charge on any atom is -0.389 e. The number of hydrogen-bond donors (Lipinski definition) is 3. The third-order valence-corrected chi connectivity index (χ3v) is 3.42. The minimum atomic E-state index is -0.562. The highest BCUT2D eigenvalue weighted by molar-refractivity contribution is 5.72. The van der Waals surface area contributed by atoms with E-state index in [0.29, 0.717) is 13.1 Å². The Labute approximate surface area is 121 Å². The molecule has 0 bridgehead atoms. The molecule has 20 heavy (non-hydrogen) atoms. The largest absolute Gasteiger partial charge is 0.389 e. The van der Waals surface area contributed by atoms with E-state index in [9.17, 15) is 9.90 Å². The number of nitrogens with one attached hydrogen (secondary N) is 2. The van der Waals surface area contributed by atoms with Gasteiger partial charge < -0.3 is 15.3 Å². The number of likely N-dealkylation sites (tertiary alicyclic amines) is 1. The topological polar surface area (TPSA) is 73.8 Å². The van der Waals surface area contributed by atoms with Gasteiger partial charge in [-0.2, -0.15) is 0 Å². The lowest BCUT2D eigenvalue weighted by molar-refractivity contribution is -0.0174. The van der Waals surface area contributed by atoms with Crippen LogP contribution in [0.5, 0.6) is 0 Å². The van der Waals surface area contributed by atoms with Crippen molar-refractivity contribution in [2.75, 3.05) is 32.8 Å². The van der Waals surface area contributed by atoms with Crippen LogP contribution in [0.4, 0.5) is 4.79 Å². The van der Waals surface area contributed by atoms with Crippen LogP contribution < -0.4 is 10.8 Å². The molecule has 0 spiro atoms. The first-order chi connectivity index (χ1) is 9.72. The Hall–Kier alpha value is -0.850. The number of carbonyl (C=O) groups excluding carboxylic acids is 1. The van der Waals surface area contributed by atoms with Crippen molar-refractivity contribution in [3.63, 3.8) is 0 Å². The summed E-state index contributed by atoms with van der Waals surface area (Å²) in [6, 6.07) is -0.341. The van der Waals surface area contributed by atoms with Crippen LogP contribution in [-0.4, -0.2) is 54.9 Å². The molecule has 1 unspecified atom stereocenters. The van der Waals surface area contributed by atoms with Gasteiger partial charge in [-0.05, 0) is 32.4 Å². The summed E-state index contributed by atoms with van der Waals surface area (Å²) in [5.41, 5.74) is 2.30. The van der Waals surface area contributed by atoms with Crippen LogP contribution in [0.25, 0.3) is 0 Å². The lowest BCUT2D eigenvalue weighted by Gasteiger charge is -2.28. The van der Waals surface area contributed by atoms with E-state index in [0.717, 1.165) is 32.4 Å². The van der Waals surface area contributed by atoms with Crippen molar-refractivity contribution < 1.29 is 14.7 Å². The van der Waals surface area contributed by atoms with Gasteiger partial charge >= 0.3 is 6.03 Å². The second kappa shape index (κ2) is 10.9. The number of piperidine rings is 1. The van der Waals surface area contributed by atoms with E-state index >= 15 is 0 Å². The van der Waals surface area contributed by atoms with Crippen LogP contribution in [0, 0.1) is 0 Å². The van der Waals surface area contributed by atoms with E-state index in [4.69, 9.17) is 4.84 Å². The Morgan fingerprint density at radius 2 is 2.05 bits per heavy atom. The van der Waals surface area contributed by atoms with Crippen LogP contribution in [-0.2, 0) is 4.84 Å². The molecule has 0 aliphatic carbocycles. The van der Waals surface area contributed by atoms with Gasteiger partial charge in [0.2, 0.25) is 0 Å². The number of urea groups is 1. The Kier molecular flexibility index (Phi) is 9.36. The molecule has 2 amide bonds. The van der Waals surface area contributed by atoms with E-state index in [1.54, 1.807) is 0 Å². The number of aliphatic hydroxyl groups is 1. The van der Waals surface area contributed by atoms with E-state index in [1.165, 1.54) is 19.3 Å². The Balaban J connectivity index is 1.97. The van der Waals surface area contributed by atoms with Crippen LogP contribution >= 0.6 is 0 Å². The summed E-state index contributed by atoms with van der Waals surface area (Å²) in [7, 11) is 0. The molecule has 1 atom stereocenters. The molecule has 0 saturated carbocycles. The van der Waals surface area contributed by atoms with Crippen molar-refractivity contribution in [3.8, 4) is 0 Å². The second-order valence-electron chi connectivity index (χ2n) is 5.39. The molecule has 1 fully saturated rings. The van der Waals surface area contributed by atoms with Crippen molar-refractivity contribution in [1.82, 2.24) is 15.7 Å². The Morgan fingerprint density at radius 1 is 1.30 bits per heavy atom. The van der Waals surface area contributed by atoms with Gasteiger partial charge in [-0.3, -0.25) is 4.84 Å². The highest BCUT2D eigenvalue weighted by Gasteiger charge is 2.14. The number of rotatable bonds is 9. The van der Waals surface area contributed by atoms with Crippen LogP contribution in [0.15, 0.2) is 0 Å². The summed E-state index contributed by atoms with van der Waals surface area (Å²) in [5.74, 6) is 0. The molecule has 1 rings (SSSR count). The fourth-order valence-corrected chi connectivity index (χ4v) is 2.31. The summed E-state index contributed by atoms with van der Waals surface area (Å²) < 4.78 is 0. The first-order valence-corrected chi connectivity index (χ1v) is 7.78. The van der Waals surface area contributed by atoms with Gasteiger partial charge in [0.25, 0.3) is 0 Å². The highest BCUT2D eigenvalue weighted by Crippen LogP contribution is 2.08. The highest BCUT2D eigenvalue weighted by atomic mass is 16.7. The normalized spacial score (nSPS) is 17.7. The van der Waals surface area contributed by atoms with Gasteiger partial charge in [0.05, 0.1) is 6.10 Å². The molecule has 118 valence electrons. The molecule has 1 aliphatic rings. The number of nitrogens with zero attached hydrogens (tertiary/aromatic N) is 1. The first kappa shape index (κ1) is 17.2. The van der Waals surface area contributed by atoms with Gasteiger partial charge in [-0.25, -0.2) is 10.3 Å². The Bertz CT molecular complexity index is 258. The van der Waals surface area contributed by atoms with Gasteiger partial charge in [-0.15, -0.1) is 0 Å². The molecule has 0 aromatic carbocycles. The first-order valence-electron chi connectivity index (χ1n) is 7.78. The van der Waals surface area contributed by atoms with E-state index in [1.807, 2.05) is 0 Å². The zero-order valence-corrected chi connectivity index (χ0v) is 12.6. The zero-order chi connectivity index (χ0) is 14.6. The summed E-state index contributed by atoms with van der Waals surface area (Å²) in [6.07, 6.45) is 6.33. The molecule has 1 heterocycles. The third kappa shape index (κ3) is 8.35. The SMILES string of the molecule is CCCCCNC(=O)NOCC(O)CN1CCCCC1. The van der Waals surface area contributed by atoms with Crippen LogP contribution in [0.1, 0.15) is 45.4 Å². The number of unbranched alkanes of at least 4 members (excludes halogenated alkanes) is 2. The summed E-state index contributed by atoms with van der Waals surface area (Å²) in [5, 5.41) is 12.5. The predicted molar refractivity (Wildman–Crippen MR) is 78.3 cm³/mol. The van der Waals surface area contributed by atoms with Crippen molar-refractivity contribution in [2.24, 2.45) is 0 Å². The molecule has 6 heteroatoms. The number of hydroxylamine groups is 1. The van der Waals surface area contributed by atoms with Crippen LogP contribution in [0.2, 0.25) is 0 Å². The number of carbonyl (C=O) groups is 1. The molecule has 3 N–H and O–H groups in total. The summed E-state index contributed by atoms with van der Waals surface area (Å²) in [6.45, 7) is 5.59. The molecule has 6 nitrogen and oxygen atoms in total. The number of amides is 2.